The fourth-order valence-electron chi connectivity index (χ4n) is 3.69. The summed E-state index contributed by atoms with van der Waals surface area (Å²) in [4.78, 5) is 22.3. The van der Waals surface area contributed by atoms with Gasteiger partial charge in [0.15, 0.2) is 5.13 Å². The first-order valence-electron chi connectivity index (χ1n) is 10.5. The number of fused-ring (bicyclic) bond motifs is 2. The zero-order valence-electron chi connectivity index (χ0n) is 17.6. The van der Waals surface area contributed by atoms with E-state index in [2.05, 4.69) is 16.4 Å². The van der Waals surface area contributed by atoms with Gasteiger partial charge in [0, 0.05) is 5.69 Å². The number of rotatable bonds is 6. The van der Waals surface area contributed by atoms with Crippen LogP contribution in [0, 0.1) is 11.3 Å². The van der Waals surface area contributed by atoms with E-state index in [1.807, 2.05) is 31.2 Å². The monoisotopic (exact) mass is 452 g/mol. The van der Waals surface area contributed by atoms with Crippen LogP contribution < -0.4 is 10.1 Å². The molecule has 0 radical (unpaired) electrons. The van der Waals surface area contributed by atoms with Gasteiger partial charge in [0.1, 0.15) is 16.8 Å². The molecule has 1 aliphatic rings. The molecule has 1 atom stereocenters. The highest BCUT2D eigenvalue weighted by Crippen LogP contribution is 2.33. The zero-order valence-corrected chi connectivity index (χ0v) is 19.2. The Morgan fingerprint density at radius 1 is 1.29 bits per heavy atom. The van der Waals surface area contributed by atoms with E-state index < -0.39 is 0 Å². The predicted molar refractivity (Wildman–Crippen MR) is 125 cm³/mol. The number of carbonyl (C=O) groups excluding carboxylic acids is 1. The fraction of sp³-hybridized carbons (Fsp3) is 0.391. The highest BCUT2D eigenvalue weighted by Gasteiger charge is 2.23. The Morgan fingerprint density at radius 2 is 2.13 bits per heavy atom. The van der Waals surface area contributed by atoms with Crippen molar-refractivity contribution in [2.24, 2.45) is 0 Å². The molecular formula is C23H24N4O2S2. The SMILES string of the molecule is CCC(Sc1nc2c(cc1C#N)CCCCC2)C(=O)Nc1nc2ccc(OC)cc2s1. The summed E-state index contributed by atoms with van der Waals surface area (Å²) in [6.45, 7) is 1.97. The number of nitrogens with one attached hydrogen (secondary N) is 1. The highest BCUT2D eigenvalue weighted by molar-refractivity contribution is 8.00. The smallest absolute Gasteiger partial charge is 0.239 e. The van der Waals surface area contributed by atoms with Gasteiger partial charge in [-0.3, -0.25) is 4.79 Å². The maximum atomic E-state index is 13.0. The molecule has 1 aromatic carbocycles. The number of aromatic nitrogens is 2. The number of amides is 1. The number of methoxy groups -OCH3 is 1. The molecule has 31 heavy (non-hydrogen) atoms. The van der Waals surface area contributed by atoms with Gasteiger partial charge < -0.3 is 10.1 Å². The van der Waals surface area contributed by atoms with E-state index in [9.17, 15) is 10.1 Å². The standard InChI is InChI=1S/C23H24N4O2S2/c1-3-19(21(28)27-23-26-18-10-9-16(29-2)12-20(18)31-23)30-22-15(13-24)11-14-7-5-4-6-8-17(14)25-22/h9-12,19H,3-8H2,1-2H3,(H,26,27,28). The van der Waals surface area contributed by atoms with Crippen LogP contribution in [0.4, 0.5) is 5.13 Å². The van der Waals surface area contributed by atoms with E-state index in [1.165, 1.54) is 35.1 Å². The van der Waals surface area contributed by atoms with Gasteiger partial charge >= 0.3 is 0 Å². The molecule has 0 bridgehead atoms. The lowest BCUT2D eigenvalue weighted by Gasteiger charge is -2.15. The largest absolute Gasteiger partial charge is 0.497 e. The van der Waals surface area contributed by atoms with E-state index in [-0.39, 0.29) is 11.2 Å². The summed E-state index contributed by atoms with van der Waals surface area (Å²) < 4.78 is 6.21. The van der Waals surface area contributed by atoms with Crippen LogP contribution in [0.15, 0.2) is 29.3 Å². The second-order valence-electron chi connectivity index (χ2n) is 7.48. The number of hydrogen-bond donors (Lipinski definition) is 1. The average molecular weight is 453 g/mol. The Hall–Kier alpha value is -2.63. The molecule has 1 unspecified atom stereocenters. The third kappa shape index (κ3) is 4.83. The van der Waals surface area contributed by atoms with Crippen LogP contribution in [0.1, 0.15) is 49.4 Å². The van der Waals surface area contributed by atoms with E-state index in [0.29, 0.717) is 22.1 Å². The topological polar surface area (TPSA) is 87.9 Å². The lowest BCUT2D eigenvalue weighted by atomic mass is 10.1. The first-order valence-corrected chi connectivity index (χ1v) is 12.2. The van der Waals surface area contributed by atoms with Gasteiger partial charge in [-0.2, -0.15) is 5.26 Å². The van der Waals surface area contributed by atoms with Crippen molar-refractivity contribution in [3.63, 3.8) is 0 Å². The van der Waals surface area contributed by atoms with Crippen LogP contribution in [0.5, 0.6) is 5.75 Å². The Labute approximate surface area is 190 Å². The maximum absolute atomic E-state index is 13.0. The summed E-state index contributed by atoms with van der Waals surface area (Å²) in [7, 11) is 1.62. The molecule has 0 aliphatic heterocycles. The summed E-state index contributed by atoms with van der Waals surface area (Å²) >= 11 is 2.79. The second-order valence-corrected chi connectivity index (χ2v) is 9.70. The van der Waals surface area contributed by atoms with Gasteiger partial charge in [0.25, 0.3) is 0 Å². The minimum atomic E-state index is -0.357. The molecule has 1 N–H and O–H groups in total. The molecule has 8 heteroatoms. The zero-order chi connectivity index (χ0) is 21.8. The number of aryl methyl sites for hydroxylation is 2. The van der Waals surface area contributed by atoms with Crippen LogP contribution in [-0.2, 0) is 17.6 Å². The average Bonchev–Trinajstić information content (AvgIpc) is 3.04. The number of thiazole rings is 1. The Balaban J connectivity index is 1.53. The van der Waals surface area contributed by atoms with Crippen LogP contribution >= 0.6 is 23.1 Å². The number of hydrogen-bond acceptors (Lipinski definition) is 7. The van der Waals surface area contributed by atoms with Crippen LogP contribution in [0.3, 0.4) is 0 Å². The van der Waals surface area contributed by atoms with Gasteiger partial charge in [-0.25, -0.2) is 9.97 Å². The molecule has 1 aliphatic carbocycles. The van der Waals surface area contributed by atoms with Crippen LogP contribution in [-0.4, -0.2) is 28.2 Å². The fourth-order valence-corrected chi connectivity index (χ4v) is 5.58. The quantitative estimate of drug-likeness (QED) is 0.401. The Bertz CT molecular complexity index is 1150. The number of nitrogens with zero attached hydrogens (tertiary/aromatic N) is 3. The Morgan fingerprint density at radius 3 is 2.90 bits per heavy atom. The van der Waals surface area contributed by atoms with E-state index in [1.54, 1.807) is 7.11 Å². The highest BCUT2D eigenvalue weighted by atomic mass is 32.2. The molecule has 0 spiro atoms. The van der Waals surface area contributed by atoms with Crippen molar-refractivity contribution in [1.29, 1.82) is 5.26 Å². The van der Waals surface area contributed by atoms with Gasteiger partial charge in [-0.15, -0.1) is 0 Å². The summed E-state index contributed by atoms with van der Waals surface area (Å²) in [5, 5.41) is 13.5. The van der Waals surface area contributed by atoms with Crippen molar-refractivity contribution in [3.05, 3.63) is 41.1 Å². The minimum Gasteiger partial charge on any atom is -0.497 e. The van der Waals surface area contributed by atoms with Gasteiger partial charge in [0.2, 0.25) is 5.91 Å². The Kier molecular flexibility index (Phi) is 6.73. The molecule has 2 heterocycles. The van der Waals surface area contributed by atoms with Crippen molar-refractivity contribution < 1.29 is 9.53 Å². The van der Waals surface area contributed by atoms with Crippen molar-refractivity contribution in [2.75, 3.05) is 12.4 Å². The molecule has 3 aromatic rings. The lowest BCUT2D eigenvalue weighted by molar-refractivity contribution is -0.115. The van der Waals surface area contributed by atoms with E-state index in [4.69, 9.17) is 9.72 Å². The van der Waals surface area contributed by atoms with Crippen LogP contribution in [0.25, 0.3) is 10.2 Å². The van der Waals surface area contributed by atoms with E-state index in [0.717, 1.165) is 47.3 Å². The third-order valence-corrected chi connectivity index (χ3v) is 7.68. The number of benzene rings is 1. The lowest BCUT2D eigenvalue weighted by Crippen LogP contribution is -2.24. The van der Waals surface area contributed by atoms with Crippen molar-refractivity contribution in [1.82, 2.24) is 9.97 Å². The van der Waals surface area contributed by atoms with Gasteiger partial charge in [-0.05, 0) is 61.9 Å². The number of carbonyl (C=O) groups is 1. The molecular weight excluding hydrogens is 428 g/mol. The number of ether oxygens (including phenoxy) is 1. The number of pyridine rings is 1. The van der Waals surface area contributed by atoms with Crippen molar-refractivity contribution in [2.45, 2.75) is 55.7 Å². The molecule has 4 rings (SSSR count). The van der Waals surface area contributed by atoms with Crippen LogP contribution in [0.2, 0.25) is 0 Å². The first kappa shape index (κ1) is 21.6. The number of thioether (sulfide) groups is 1. The van der Waals surface area contributed by atoms with Crippen molar-refractivity contribution >= 4 is 44.4 Å². The summed E-state index contributed by atoms with van der Waals surface area (Å²) in [6, 6.07) is 9.89. The normalized spacial score (nSPS) is 14.4. The van der Waals surface area contributed by atoms with Gasteiger partial charge in [-0.1, -0.05) is 36.4 Å². The predicted octanol–water partition coefficient (Wildman–Crippen LogP) is 5.35. The minimum absolute atomic E-state index is 0.126. The third-order valence-electron chi connectivity index (χ3n) is 5.38. The maximum Gasteiger partial charge on any atom is 0.239 e. The summed E-state index contributed by atoms with van der Waals surface area (Å²) in [6.07, 6.45) is 5.98. The molecule has 0 fully saturated rings. The summed E-state index contributed by atoms with van der Waals surface area (Å²) in [5.41, 5.74) is 3.64. The molecule has 1 amide bonds. The first-order chi connectivity index (χ1) is 15.1. The van der Waals surface area contributed by atoms with Crippen molar-refractivity contribution in [3.8, 4) is 11.8 Å². The number of anilines is 1. The van der Waals surface area contributed by atoms with Gasteiger partial charge in [0.05, 0.1) is 28.1 Å². The molecule has 2 aromatic heterocycles. The van der Waals surface area contributed by atoms with E-state index >= 15 is 0 Å². The molecule has 0 saturated carbocycles. The second kappa shape index (κ2) is 9.67. The molecule has 0 saturated heterocycles. The summed E-state index contributed by atoms with van der Waals surface area (Å²) in [5.74, 6) is 0.633. The molecule has 160 valence electrons. The number of nitriles is 1. The molecule has 6 nitrogen and oxygen atoms in total.